The molecule has 0 fully saturated rings. The Hall–Kier alpha value is -0.910. The lowest BCUT2D eigenvalue weighted by molar-refractivity contribution is 0.394. The molecule has 0 aliphatic carbocycles. The van der Waals surface area contributed by atoms with Gasteiger partial charge in [-0.05, 0) is 18.4 Å². The molecule has 0 amide bonds. The molecule has 0 radical (unpaired) electrons. The Morgan fingerprint density at radius 1 is 1.44 bits per heavy atom. The summed E-state index contributed by atoms with van der Waals surface area (Å²) >= 11 is 1.29. The van der Waals surface area contributed by atoms with Crippen LogP contribution in [-0.2, 0) is 6.42 Å². The number of thioether (sulfide) groups is 1. The fourth-order valence-corrected chi connectivity index (χ4v) is 1.71. The highest BCUT2D eigenvalue weighted by Gasteiger charge is 2.07. The third kappa shape index (κ3) is 5.25. The topological polar surface area (TPSA) is 38.9 Å². The summed E-state index contributed by atoms with van der Waals surface area (Å²) in [5, 5.41) is 8.14. The van der Waals surface area contributed by atoms with E-state index in [0.29, 0.717) is 29.2 Å². The van der Waals surface area contributed by atoms with E-state index in [1.54, 1.807) is 0 Å². The fraction of sp³-hybridized carbons (Fsp3) is 0.600. The summed E-state index contributed by atoms with van der Waals surface area (Å²) in [6.07, 6.45) is 0.284. The van der Waals surface area contributed by atoms with Gasteiger partial charge in [0.25, 0.3) is 11.3 Å². The molecule has 3 nitrogen and oxygen atoms in total. The van der Waals surface area contributed by atoms with E-state index in [9.17, 15) is 8.78 Å². The predicted octanol–water partition coefficient (Wildman–Crippen LogP) is 3.53. The van der Waals surface area contributed by atoms with Crippen molar-refractivity contribution in [2.75, 3.05) is 5.75 Å². The number of hydrogen-bond donors (Lipinski definition) is 0. The first-order valence-electron chi connectivity index (χ1n) is 5.04. The van der Waals surface area contributed by atoms with Crippen LogP contribution in [-0.4, -0.2) is 16.0 Å². The minimum absolute atomic E-state index is 0.300. The summed E-state index contributed by atoms with van der Waals surface area (Å²) in [6, 6.07) is 0. The van der Waals surface area contributed by atoms with Crippen LogP contribution in [0.2, 0.25) is 0 Å². The first kappa shape index (κ1) is 13.2. The van der Waals surface area contributed by atoms with Gasteiger partial charge in [-0.2, -0.15) is 8.78 Å². The highest BCUT2D eigenvalue weighted by atomic mass is 32.2. The Labute approximate surface area is 97.3 Å². The number of allylic oxidation sites excluding steroid dienone is 1. The molecule has 0 spiro atoms. The number of halogens is 2. The molecule has 16 heavy (non-hydrogen) atoms. The van der Waals surface area contributed by atoms with Crippen LogP contribution in [0.5, 0.6) is 0 Å². The zero-order chi connectivity index (χ0) is 12.0. The molecular weight excluding hydrogens is 234 g/mol. The lowest BCUT2D eigenvalue weighted by Crippen LogP contribution is -1.93. The van der Waals surface area contributed by atoms with E-state index in [-0.39, 0.29) is 0 Å². The van der Waals surface area contributed by atoms with Crippen LogP contribution in [0, 0.1) is 5.92 Å². The second-order valence-electron chi connectivity index (χ2n) is 3.69. The van der Waals surface area contributed by atoms with Crippen molar-refractivity contribution in [3.05, 3.63) is 18.0 Å². The molecule has 1 aromatic rings. The minimum atomic E-state index is -1.65. The Kier molecular flexibility index (Phi) is 5.45. The smallest absolute Gasteiger partial charge is 0.276 e. The van der Waals surface area contributed by atoms with Gasteiger partial charge in [0.2, 0.25) is 5.89 Å². The van der Waals surface area contributed by atoms with Crippen molar-refractivity contribution in [1.29, 1.82) is 0 Å². The molecule has 0 bridgehead atoms. The van der Waals surface area contributed by atoms with Gasteiger partial charge in [0, 0.05) is 12.2 Å². The van der Waals surface area contributed by atoms with Gasteiger partial charge in [0.15, 0.2) is 0 Å². The first-order valence-corrected chi connectivity index (χ1v) is 6.03. The summed E-state index contributed by atoms with van der Waals surface area (Å²) in [5.41, 5.74) is 0. The van der Waals surface area contributed by atoms with Crippen LogP contribution in [0.1, 0.15) is 26.2 Å². The van der Waals surface area contributed by atoms with E-state index in [0.717, 1.165) is 12.5 Å². The van der Waals surface area contributed by atoms with Crippen LogP contribution >= 0.6 is 11.8 Å². The van der Waals surface area contributed by atoms with Gasteiger partial charge in [0.1, 0.15) is 0 Å². The molecular formula is C10H14F2N2OS. The largest absolute Gasteiger partial charge is 0.416 e. The van der Waals surface area contributed by atoms with Crippen LogP contribution in [0.4, 0.5) is 8.78 Å². The molecule has 0 aliphatic heterocycles. The highest BCUT2D eigenvalue weighted by molar-refractivity contribution is 7.99. The van der Waals surface area contributed by atoms with E-state index < -0.39 is 6.08 Å². The van der Waals surface area contributed by atoms with Gasteiger partial charge in [-0.15, -0.1) is 10.2 Å². The molecule has 0 saturated heterocycles. The molecule has 1 heterocycles. The Balaban J connectivity index is 2.32. The zero-order valence-corrected chi connectivity index (χ0v) is 10.1. The molecule has 1 rings (SSSR count). The van der Waals surface area contributed by atoms with E-state index in [1.807, 2.05) is 0 Å². The Morgan fingerprint density at radius 3 is 2.81 bits per heavy atom. The summed E-state index contributed by atoms with van der Waals surface area (Å²) in [6.45, 7) is 4.12. The molecule has 1 aromatic heterocycles. The second-order valence-corrected chi connectivity index (χ2v) is 4.74. The van der Waals surface area contributed by atoms with Gasteiger partial charge in [-0.1, -0.05) is 25.6 Å². The average molecular weight is 248 g/mol. The molecule has 0 unspecified atom stereocenters. The summed E-state index contributed by atoms with van der Waals surface area (Å²) in [4.78, 5) is 0. The summed E-state index contributed by atoms with van der Waals surface area (Å²) in [7, 11) is 0. The molecule has 0 N–H and O–H groups in total. The molecule has 6 heteroatoms. The molecule has 0 aliphatic rings. The van der Waals surface area contributed by atoms with E-state index in [4.69, 9.17) is 4.42 Å². The number of rotatable bonds is 6. The normalized spacial score (nSPS) is 10.8. The second kappa shape index (κ2) is 6.62. The van der Waals surface area contributed by atoms with Gasteiger partial charge in [-0.3, -0.25) is 0 Å². The number of nitrogens with zero attached hydrogens (tertiary/aromatic N) is 2. The van der Waals surface area contributed by atoms with Crippen molar-refractivity contribution >= 4 is 11.8 Å². The van der Waals surface area contributed by atoms with Crippen LogP contribution in [0.15, 0.2) is 21.8 Å². The van der Waals surface area contributed by atoms with Crippen molar-refractivity contribution in [3.8, 4) is 0 Å². The Morgan fingerprint density at radius 2 is 2.19 bits per heavy atom. The van der Waals surface area contributed by atoms with Gasteiger partial charge in [-0.25, -0.2) is 0 Å². The van der Waals surface area contributed by atoms with E-state index in [2.05, 4.69) is 24.0 Å². The van der Waals surface area contributed by atoms with Crippen LogP contribution in [0.3, 0.4) is 0 Å². The average Bonchev–Trinajstić information content (AvgIpc) is 2.59. The van der Waals surface area contributed by atoms with Crippen molar-refractivity contribution in [3.63, 3.8) is 0 Å². The van der Waals surface area contributed by atoms with Crippen molar-refractivity contribution < 1.29 is 13.2 Å². The van der Waals surface area contributed by atoms with E-state index >= 15 is 0 Å². The zero-order valence-electron chi connectivity index (χ0n) is 9.24. The third-order valence-corrected chi connectivity index (χ3v) is 2.52. The maximum Gasteiger partial charge on any atom is 0.276 e. The minimum Gasteiger partial charge on any atom is -0.416 e. The van der Waals surface area contributed by atoms with Crippen LogP contribution in [0.25, 0.3) is 0 Å². The standard InChI is InChI=1S/C10H14F2N2OS/c1-7(2)6-9-13-14-10(15-9)16-5-3-4-8(11)12/h4,7H,3,5-6H2,1-2H3. The fourth-order valence-electron chi connectivity index (χ4n) is 1.04. The highest BCUT2D eigenvalue weighted by Crippen LogP contribution is 2.18. The lowest BCUT2D eigenvalue weighted by Gasteiger charge is -1.96. The Bertz CT molecular complexity index is 348. The number of hydrogen-bond acceptors (Lipinski definition) is 4. The van der Waals surface area contributed by atoms with Crippen molar-refractivity contribution in [2.24, 2.45) is 5.92 Å². The molecule has 90 valence electrons. The summed E-state index contributed by atoms with van der Waals surface area (Å²) < 4.78 is 28.8. The molecule has 0 saturated carbocycles. The van der Waals surface area contributed by atoms with Gasteiger partial charge >= 0.3 is 0 Å². The van der Waals surface area contributed by atoms with Gasteiger partial charge in [0.05, 0.1) is 0 Å². The monoisotopic (exact) mass is 248 g/mol. The van der Waals surface area contributed by atoms with Gasteiger partial charge < -0.3 is 4.42 Å². The molecule has 0 atom stereocenters. The third-order valence-electron chi connectivity index (χ3n) is 1.67. The summed E-state index contributed by atoms with van der Waals surface area (Å²) in [5.74, 6) is 1.58. The van der Waals surface area contributed by atoms with Crippen molar-refractivity contribution in [2.45, 2.75) is 31.9 Å². The predicted molar refractivity (Wildman–Crippen MR) is 58.5 cm³/mol. The maximum atomic E-state index is 11.7. The molecule has 0 aromatic carbocycles. The van der Waals surface area contributed by atoms with Crippen LogP contribution < -0.4 is 0 Å². The quantitative estimate of drug-likeness (QED) is 0.570. The maximum absolute atomic E-state index is 11.7. The SMILES string of the molecule is CC(C)Cc1nnc(SCCC=C(F)F)o1. The lowest BCUT2D eigenvalue weighted by atomic mass is 10.1. The first-order chi connectivity index (χ1) is 7.58. The van der Waals surface area contributed by atoms with E-state index in [1.165, 1.54) is 11.8 Å². The van der Waals surface area contributed by atoms with Crippen molar-refractivity contribution in [1.82, 2.24) is 10.2 Å². The number of aromatic nitrogens is 2.